The number of hydrogen-bond acceptors (Lipinski definition) is 3. The lowest BCUT2D eigenvalue weighted by Crippen LogP contribution is -2.29. The molecule has 0 spiro atoms. The highest BCUT2D eigenvalue weighted by Crippen LogP contribution is 2.34. The number of aromatic nitrogens is 1. The van der Waals surface area contributed by atoms with Crippen LogP contribution < -0.4 is 4.74 Å². The number of fused-ring (bicyclic) bond motifs is 1. The zero-order valence-corrected chi connectivity index (χ0v) is 16.2. The van der Waals surface area contributed by atoms with E-state index in [1.165, 1.54) is 35.7 Å². The fourth-order valence-corrected chi connectivity index (χ4v) is 4.29. The van der Waals surface area contributed by atoms with Gasteiger partial charge in [0.25, 0.3) is 0 Å². The molecule has 1 aliphatic heterocycles. The van der Waals surface area contributed by atoms with Crippen molar-refractivity contribution in [3.8, 4) is 5.75 Å². The molecule has 4 nitrogen and oxygen atoms in total. The Hall–Kier alpha value is -2.30. The summed E-state index contributed by atoms with van der Waals surface area (Å²) in [5.41, 5.74) is 4.30. The Balaban J connectivity index is 1.77. The van der Waals surface area contributed by atoms with E-state index in [0.29, 0.717) is 0 Å². The average Bonchev–Trinajstić information content (AvgIpc) is 3.00. The smallest absolute Gasteiger partial charge is 0.119 e. The molecular formula is C23H28N2O2. The first-order valence-electron chi connectivity index (χ1n) is 9.79. The van der Waals surface area contributed by atoms with E-state index in [2.05, 4.69) is 40.8 Å². The lowest BCUT2D eigenvalue weighted by molar-refractivity contribution is 0.199. The number of methoxy groups -OCH3 is 1. The largest absolute Gasteiger partial charge is 0.497 e. The molecule has 4 rings (SSSR count). The summed E-state index contributed by atoms with van der Waals surface area (Å²) in [5.74, 6) is 0.802. The molecule has 1 saturated heterocycles. The number of benzene rings is 2. The molecule has 3 aromatic rings. The van der Waals surface area contributed by atoms with Gasteiger partial charge in [-0.05, 0) is 55.3 Å². The van der Waals surface area contributed by atoms with E-state index in [0.717, 1.165) is 36.6 Å². The van der Waals surface area contributed by atoms with Crippen LogP contribution in [0.25, 0.3) is 10.9 Å². The minimum absolute atomic E-state index is 0.659. The molecule has 1 aliphatic rings. The number of likely N-dealkylation sites (tertiary alicyclic amines) is 1. The summed E-state index contributed by atoms with van der Waals surface area (Å²) >= 11 is 0. The van der Waals surface area contributed by atoms with Crippen molar-refractivity contribution in [2.75, 3.05) is 20.2 Å². The summed E-state index contributed by atoms with van der Waals surface area (Å²) in [6.07, 6.45) is 3.20. The first kappa shape index (κ1) is 18.1. The predicted molar refractivity (Wildman–Crippen MR) is 109 cm³/mol. The molecule has 0 aliphatic carbocycles. The van der Waals surface area contributed by atoms with Crippen molar-refractivity contribution in [3.63, 3.8) is 0 Å². The van der Waals surface area contributed by atoms with Crippen molar-refractivity contribution in [1.82, 2.24) is 9.47 Å². The van der Waals surface area contributed by atoms with E-state index in [4.69, 9.17) is 4.74 Å². The fraction of sp³-hybridized carbons (Fsp3) is 0.391. The van der Waals surface area contributed by atoms with Gasteiger partial charge in [0.05, 0.1) is 12.8 Å². The van der Waals surface area contributed by atoms with Gasteiger partial charge in [0.1, 0.15) is 11.9 Å². The third-order valence-electron chi connectivity index (χ3n) is 5.78. The third kappa shape index (κ3) is 3.47. The Morgan fingerprint density at radius 1 is 1.00 bits per heavy atom. The summed E-state index contributed by atoms with van der Waals surface area (Å²) in [5, 5.41) is 12.5. The number of para-hydroxylation sites is 1. The maximum absolute atomic E-state index is 11.3. The number of ether oxygens (including phenoxy) is 1. The van der Waals surface area contributed by atoms with E-state index in [1.807, 2.05) is 24.3 Å². The van der Waals surface area contributed by atoms with Gasteiger partial charge in [-0.1, -0.05) is 36.8 Å². The highest BCUT2D eigenvalue weighted by molar-refractivity contribution is 5.85. The van der Waals surface area contributed by atoms with Gasteiger partial charge in [0.15, 0.2) is 0 Å². The average molecular weight is 364 g/mol. The number of nitrogens with zero attached hydrogens (tertiary/aromatic N) is 2. The maximum atomic E-state index is 11.3. The van der Waals surface area contributed by atoms with Crippen LogP contribution in [0.2, 0.25) is 0 Å². The lowest BCUT2D eigenvalue weighted by Gasteiger charge is -2.27. The van der Waals surface area contributed by atoms with Gasteiger partial charge in [-0.2, -0.15) is 0 Å². The standard InChI is InChI=1S/C23H28N2O2/c1-24-21-9-5-4-8-19(21)20(16-25-14-6-3-7-15-25)22(24)23(26)17-10-12-18(27-2)13-11-17/h4-5,8-13,23,26H,3,6-7,14-16H2,1-2H3/t23-/m0/s1. The fourth-order valence-electron chi connectivity index (χ4n) is 4.29. The predicted octanol–water partition coefficient (Wildman–Crippen LogP) is 4.25. The number of aliphatic hydroxyl groups is 1. The molecular weight excluding hydrogens is 336 g/mol. The van der Waals surface area contributed by atoms with Gasteiger partial charge in [-0.25, -0.2) is 0 Å². The molecule has 142 valence electrons. The van der Waals surface area contributed by atoms with Gasteiger partial charge < -0.3 is 14.4 Å². The van der Waals surface area contributed by atoms with E-state index in [-0.39, 0.29) is 0 Å². The van der Waals surface area contributed by atoms with Crippen molar-refractivity contribution in [3.05, 3.63) is 65.4 Å². The normalized spacial score (nSPS) is 16.6. The van der Waals surface area contributed by atoms with Crippen LogP contribution in [0.4, 0.5) is 0 Å². The van der Waals surface area contributed by atoms with Gasteiger partial charge in [-0.15, -0.1) is 0 Å². The quantitative estimate of drug-likeness (QED) is 0.735. The third-order valence-corrected chi connectivity index (χ3v) is 5.78. The van der Waals surface area contributed by atoms with Crippen molar-refractivity contribution in [1.29, 1.82) is 0 Å². The summed E-state index contributed by atoms with van der Waals surface area (Å²) in [6, 6.07) is 16.2. The van der Waals surface area contributed by atoms with Crippen LogP contribution in [0.3, 0.4) is 0 Å². The van der Waals surface area contributed by atoms with Gasteiger partial charge in [0, 0.05) is 24.5 Å². The summed E-state index contributed by atoms with van der Waals surface area (Å²) in [4.78, 5) is 2.52. The molecule has 27 heavy (non-hydrogen) atoms. The molecule has 2 aromatic carbocycles. The molecule has 0 saturated carbocycles. The van der Waals surface area contributed by atoms with Crippen molar-refractivity contribution < 1.29 is 9.84 Å². The summed E-state index contributed by atoms with van der Waals surface area (Å²) in [6.45, 7) is 3.17. The van der Waals surface area contributed by atoms with Crippen LogP contribution in [0, 0.1) is 0 Å². The van der Waals surface area contributed by atoms with Crippen molar-refractivity contribution in [2.24, 2.45) is 7.05 Å². The van der Waals surface area contributed by atoms with Crippen LogP contribution in [0.5, 0.6) is 5.75 Å². The highest BCUT2D eigenvalue weighted by atomic mass is 16.5. The van der Waals surface area contributed by atoms with Crippen molar-refractivity contribution >= 4 is 10.9 Å². The molecule has 0 unspecified atom stereocenters. The zero-order chi connectivity index (χ0) is 18.8. The van der Waals surface area contributed by atoms with Crippen LogP contribution in [0.1, 0.15) is 42.2 Å². The summed E-state index contributed by atoms with van der Waals surface area (Å²) < 4.78 is 7.41. The van der Waals surface area contributed by atoms with Crippen molar-refractivity contribution in [2.45, 2.75) is 31.9 Å². The zero-order valence-electron chi connectivity index (χ0n) is 16.2. The molecule has 4 heteroatoms. The Kier molecular flexibility index (Phi) is 5.19. The molecule has 0 amide bonds. The number of rotatable bonds is 5. The minimum Gasteiger partial charge on any atom is -0.497 e. The second-order valence-corrected chi connectivity index (χ2v) is 7.45. The Bertz CT molecular complexity index is 908. The molecule has 1 atom stereocenters. The highest BCUT2D eigenvalue weighted by Gasteiger charge is 2.24. The molecule has 1 N–H and O–H groups in total. The van der Waals surface area contributed by atoms with Gasteiger partial charge >= 0.3 is 0 Å². The van der Waals surface area contributed by atoms with E-state index in [9.17, 15) is 5.11 Å². The maximum Gasteiger partial charge on any atom is 0.119 e. The molecule has 1 aromatic heterocycles. The second kappa shape index (κ2) is 7.75. The first-order valence-corrected chi connectivity index (χ1v) is 9.79. The van der Waals surface area contributed by atoms with E-state index >= 15 is 0 Å². The monoisotopic (exact) mass is 364 g/mol. The number of hydrogen-bond donors (Lipinski definition) is 1. The molecule has 2 heterocycles. The molecule has 0 radical (unpaired) electrons. The first-order chi connectivity index (χ1) is 13.2. The van der Waals surface area contributed by atoms with Crippen LogP contribution in [-0.4, -0.2) is 34.8 Å². The number of piperidine rings is 1. The Morgan fingerprint density at radius 2 is 1.70 bits per heavy atom. The van der Waals surface area contributed by atoms with Crippen LogP contribution in [0.15, 0.2) is 48.5 Å². The van der Waals surface area contributed by atoms with E-state index < -0.39 is 6.10 Å². The topological polar surface area (TPSA) is 37.6 Å². The minimum atomic E-state index is -0.659. The molecule has 1 fully saturated rings. The Morgan fingerprint density at radius 3 is 2.41 bits per heavy atom. The van der Waals surface area contributed by atoms with Gasteiger partial charge in [-0.3, -0.25) is 4.90 Å². The SMILES string of the molecule is COc1ccc([C@H](O)c2c(CN3CCCCC3)c3ccccc3n2C)cc1. The summed E-state index contributed by atoms with van der Waals surface area (Å²) in [7, 11) is 3.72. The van der Waals surface area contributed by atoms with E-state index in [1.54, 1.807) is 7.11 Å². The lowest BCUT2D eigenvalue weighted by atomic mass is 10.0. The van der Waals surface area contributed by atoms with Crippen LogP contribution in [-0.2, 0) is 13.6 Å². The second-order valence-electron chi connectivity index (χ2n) is 7.45. The Labute approximate surface area is 161 Å². The van der Waals surface area contributed by atoms with Crippen LogP contribution >= 0.6 is 0 Å². The number of aryl methyl sites for hydroxylation is 1. The molecule has 0 bridgehead atoms. The number of aliphatic hydroxyl groups excluding tert-OH is 1. The van der Waals surface area contributed by atoms with Gasteiger partial charge in [0.2, 0.25) is 0 Å².